The highest BCUT2D eigenvalue weighted by atomic mass is 15.1. The number of hydrogen-bond acceptors (Lipinski definition) is 2. The summed E-state index contributed by atoms with van der Waals surface area (Å²) in [5.41, 5.74) is 14.4. The van der Waals surface area contributed by atoms with Crippen molar-refractivity contribution in [2.75, 3.05) is 0 Å². The normalized spacial score (nSPS) is 15.5. The summed E-state index contributed by atoms with van der Waals surface area (Å²) in [6.45, 7) is 0. The third kappa shape index (κ3) is 3.76. The molecular formula is C53H31N3. The van der Waals surface area contributed by atoms with E-state index in [1.807, 2.05) is 30.7 Å². The molecule has 13 rings (SSSR count). The Hall–Kier alpha value is -7.36. The lowest BCUT2D eigenvalue weighted by atomic mass is 9.65. The standard InChI is InChI=1S/C53H31N3/c1-3-12-43-32(8-1)15-16-33-17-19-37(36-22-24-47-42(28-36)39-25-27-54-31-48(39)56(47)49-14-5-6-26-55-49)29-45(33)53(43)44-13-4-2-11-40(44)52-41-23-21-35-10-7-9-34-18-20-38(30-46(52)53)51(41)50(34)35/h1-31H. The SMILES string of the molecule is C1=Cc2ccc(-c3ccc4c(c3)c3ccncc3n4-c3ccccn3)cc2C2(c3ccccc31)c1ccccc1-c1c2cc2ccc3cccc4ccc1c2c34. The highest BCUT2D eigenvalue weighted by Crippen LogP contribution is 2.61. The summed E-state index contributed by atoms with van der Waals surface area (Å²) in [5, 5.41) is 10.2. The summed E-state index contributed by atoms with van der Waals surface area (Å²) in [5.74, 6) is 0.884. The molecule has 8 aromatic carbocycles. The first-order valence-corrected chi connectivity index (χ1v) is 19.3. The Bertz CT molecular complexity index is 3470. The van der Waals surface area contributed by atoms with Gasteiger partial charge < -0.3 is 0 Å². The summed E-state index contributed by atoms with van der Waals surface area (Å²) in [7, 11) is 0. The monoisotopic (exact) mass is 709 g/mol. The van der Waals surface area contributed by atoms with E-state index in [1.165, 1.54) is 93.3 Å². The van der Waals surface area contributed by atoms with Gasteiger partial charge in [0.25, 0.3) is 0 Å². The van der Waals surface area contributed by atoms with E-state index in [0.29, 0.717) is 0 Å². The first-order chi connectivity index (χ1) is 27.8. The lowest BCUT2D eigenvalue weighted by Crippen LogP contribution is -2.30. The molecule has 0 aliphatic heterocycles. The second-order valence-electron chi connectivity index (χ2n) is 15.3. The van der Waals surface area contributed by atoms with E-state index in [1.54, 1.807) is 0 Å². The minimum atomic E-state index is -0.549. The van der Waals surface area contributed by atoms with Gasteiger partial charge in [-0.1, -0.05) is 127 Å². The molecule has 3 heterocycles. The fourth-order valence-electron chi connectivity index (χ4n) is 10.4. The molecule has 258 valence electrons. The average molecular weight is 710 g/mol. The quantitative estimate of drug-likeness (QED) is 0.167. The molecule has 3 nitrogen and oxygen atoms in total. The molecule has 0 N–H and O–H groups in total. The number of rotatable bonds is 2. The number of fused-ring (bicyclic) bond motifs is 13. The molecule has 1 unspecified atom stereocenters. The Morgan fingerprint density at radius 3 is 2.11 bits per heavy atom. The van der Waals surface area contributed by atoms with Gasteiger partial charge in [-0.05, 0) is 130 Å². The largest absolute Gasteiger partial charge is 0.292 e. The van der Waals surface area contributed by atoms with Gasteiger partial charge in [0.15, 0.2) is 0 Å². The molecule has 0 bridgehead atoms. The summed E-state index contributed by atoms with van der Waals surface area (Å²) in [4.78, 5) is 9.25. The van der Waals surface area contributed by atoms with Gasteiger partial charge >= 0.3 is 0 Å². The fourth-order valence-corrected chi connectivity index (χ4v) is 10.4. The van der Waals surface area contributed by atoms with Crippen LogP contribution in [0.3, 0.4) is 0 Å². The summed E-state index contributed by atoms with van der Waals surface area (Å²) in [6, 6.07) is 58.9. The minimum absolute atomic E-state index is 0.549. The predicted octanol–water partition coefficient (Wildman–Crippen LogP) is 13.0. The highest BCUT2D eigenvalue weighted by molar-refractivity contribution is 6.27. The Morgan fingerprint density at radius 2 is 1.21 bits per heavy atom. The molecular weight excluding hydrogens is 679 g/mol. The Labute approximate surface area is 322 Å². The van der Waals surface area contributed by atoms with Crippen molar-refractivity contribution in [2.45, 2.75) is 5.41 Å². The zero-order chi connectivity index (χ0) is 36.5. The van der Waals surface area contributed by atoms with Gasteiger partial charge in [-0.25, -0.2) is 4.98 Å². The molecule has 3 aromatic heterocycles. The van der Waals surface area contributed by atoms with Crippen LogP contribution in [0.4, 0.5) is 0 Å². The van der Waals surface area contributed by atoms with Gasteiger partial charge in [-0.2, -0.15) is 0 Å². The molecule has 1 atom stereocenters. The van der Waals surface area contributed by atoms with Gasteiger partial charge in [-0.3, -0.25) is 9.55 Å². The van der Waals surface area contributed by atoms with Crippen molar-refractivity contribution in [3.05, 3.63) is 210 Å². The Morgan fingerprint density at radius 1 is 0.446 bits per heavy atom. The van der Waals surface area contributed by atoms with E-state index < -0.39 is 5.41 Å². The van der Waals surface area contributed by atoms with Crippen LogP contribution in [0.1, 0.15) is 33.4 Å². The third-order valence-electron chi connectivity index (χ3n) is 12.7. The van der Waals surface area contributed by atoms with Gasteiger partial charge in [0, 0.05) is 23.2 Å². The van der Waals surface area contributed by atoms with Crippen molar-refractivity contribution in [3.63, 3.8) is 0 Å². The molecule has 1 spiro atoms. The number of aromatic nitrogens is 3. The van der Waals surface area contributed by atoms with Crippen LogP contribution in [0.25, 0.3) is 94.3 Å². The summed E-state index contributed by atoms with van der Waals surface area (Å²) in [6.07, 6.45) is 10.3. The first-order valence-electron chi connectivity index (χ1n) is 19.3. The van der Waals surface area contributed by atoms with Gasteiger partial charge in [0.2, 0.25) is 0 Å². The third-order valence-corrected chi connectivity index (χ3v) is 12.7. The average Bonchev–Trinajstić information content (AvgIpc) is 3.69. The lowest BCUT2D eigenvalue weighted by Gasteiger charge is -2.36. The molecule has 2 aliphatic rings. The van der Waals surface area contributed by atoms with Gasteiger partial charge in [0.1, 0.15) is 5.82 Å². The highest BCUT2D eigenvalue weighted by Gasteiger charge is 2.49. The van der Waals surface area contributed by atoms with Crippen molar-refractivity contribution in [3.8, 4) is 28.1 Å². The zero-order valence-electron chi connectivity index (χ0n) is 30.2. The predicted molar refractivity (Wildman–Crippen MR) is 232 cm³/mol. The van der Waals surface area contributed by atoms with Crippen molar-refractivity contribution in [1.29, 1.82) is 0 Å². The second kappa shape index (κ2) is 10.9. The van der Waals surface area contributed by atoms with E-state index in [0.717, 1.165) is 22.2 Å². The van der Waals surface area contributed by atoms with E-state index in [2.05, 4.69) is 167 Å². The van der Waals surface area contributed by atoms with Gasteiger partial charge in [-0.15, -0.1) is 0 Å². The maximum absolute atomic E-state index is 4.73. The molecule has 0 saturated carbocycles. The number of nitrogens with zero attached hydrogens (tertiary/aromatic N) is 3. The molecule has 0 saturated heterocycles. The van der Waals surface area contributed by atoms with E-state index in [9.17, 15) is 0 Å². The van der Waals surface area contributed by atoms with Crippen LogP contribution < -0.4 is 0 Å². The molecule has 0 radical (unpaired) electrons. The minimum Gasteiger partial charge on any atom is -0.292 e. The first kappa shape index (κ1) is 30.0. The lowest BCUT2D eigenvalue weighted by molar-refractivity contribution is 0.768. The van der Waals surface area contributed by atoms with Crippen molar-refractivity contribution >= 4 is 66.3 Å². The molecule has 0 fully saturated rings. The van der Waals surface area contributed by atoms with Crippen LogP contribution in [0, 0.1) is 0 Å². The van der Waals surface area contributed by atoms with Gasteiger partial charge in [0.05, 0.1) is 22.6 Å². The number of pyridine rings is 2. The van der Waals surface area contributed by atoms with Crippen LogP contribution in [0.5, 0.6) is 0 Å². The van der Waals surface area contributed by atoms with Crippen LogP contribution >= 0.6 is 0 Å². The van der Waals surface area contributed by atoms with Crippen LogP contribution in [0.2, 0.25) is 0 Å². The van der Waals surface area contributed by atoms with E-state index in [4.69, 9.17) is 4.98 Å². The van der Waals surface area contributed by atoms with Crippen molar-refractivity contribution in [2.24, 2.45) is 0 Å². The Balaban J connectivity index is 1.12. The van der Waals surface area contributed by atoms with Crippen LogP contribution in [-0.4, -0.2) is 14.5 Å². The second-order valence-corrected chi connectivity index (χ2v) is 15.3. The topological polar surface area (TPSA) is 30.7 Å². The molecule has 2 aliphatic carbocycles. The van der Waals surface area contributed by atoms with Crippen LogP contribution in [-0.2, 0) is 5.41 Å². The fraction of sp³-hybridized carbons (Fsp3) is 0.0189. The summed E-state index contributed by atoms with van der Waals surface area (Å²) < 4.78 is 2.22. The number of hydrogen-bond donors (Lipinski definition) is 0. The smallest absolute Gasteiger partial charge is 0.137 e. The van der Waals surface area contributed by atoms with Crippen LogP contribution in [0.15, 0.2) is 176 Å². The zero-order valence-corrected chi connectivity index (χ0v) is 30.2. The molecule has 3 heteroatoms. The van der Waals surface area contributed by atoms with E-state index in [-0.39, 0.29) is 0 Å². The molecule has 0 amide bonds. The van der Waals surface area contributed by atoms with Crippen molar-refractivity contribution in [1.82, 2.24) is 14.5 Å². The van der Waals surface area contributed by atoms with E-state index >= 15 is 0 Å². The Kier molecular flexibility index (Phi) is 5.83. The maximum Gasteiger partial charge on any atom is 0.137 e. The number of benzene rings is 8. The maximum atomic E-state index is 4.73. The van der Waals surface area contributed by atoms with Crippen molar-refractivity contribution < 1.29 is 0 Å². The molecule has 56 heavy (non-hydrogen) atoms. The summed E-state index contributed by atoms with van der Waals surface area (Å²) >= 11 is 0. The molecule has 11 aromatic rings.